The molecule has 1 saturated heterocycles. The molecule has 10 heteroatoms. The van der Waals surface area contributed by atoms with Crippen molar-refractivity contribution in [1.29, 1.82) is 0 Å². The molecule has 158 valence electrons. The maximum Gasteiger partial charge on any atom is 0.234 e. The number of anilines is 1. The third kappa shape index (κ3) is 6.53. The summed E-state index contributed by atoms with van der Waals surface area (Å²) in [6, 6.07) is 5.17. The first-order valence-electron chi connectivity index (χ1n) is 9.45. The number of benzene rings is 1. The topological polar surface area (TPSA) is 118 Å². The van der Waals surface area contributed by atoms with Gasteiger partial charge in [0.15, 0.2) is 0 Å². The van der Waals surface area contributed by atoms with Crippen LogP contribution in [-0.4, -0.2) is 55.3 Å². The highest BCUT2D eigenvalue weighted by Gasteiger charge is 2.30. The fourth-order valence-electron chi connectivity index (χ4n) is 2.96. The third-order valence-corrected chi connectivity index (χ3v) is 5.56. The number of ether oxygens (including phenoxy) is 2. The van der Waals surface area contributed by atoms with E-state index in [-0.39, 0.29) is 42.4 Å². The Kier molecular flexibility index (Phi) is 7.21. The lowest BCUT2D eigenvalue weighted by Crippen LogP contribution is -2.56. The Balaban J connectivity index is 1.48. The molecule has 0 aromatic heterocycles. The molecule has 1 aromatic carbocycles. The Morgan fingerprint density at radius 1 is 1.21 bits per heavy atom. The van der Waals surface area contributed by atoms with Crippen LogP contribution in [-0.2, 0) is 14.4 Å². The maximum absolute atomic E-state index is 12.4. The van der Waals surface area contributed by atoms with Crippen LogP contribution in [0.4, 0.5) is 5.69 Å². The van der Waals surface area contributed by atoms with Crippen LogP contribution in [0.3, 0.4) is 0 Å². The number of rotatable bonds is 9. The van der Waals surface area contributed by atoms with Gasteiger partial charge < -0.3 is 25.4 Å². The lowest BCUT2D eigenvalue weighted by atomic mass is 10.1. The summed E-state index contributed by atoms with van der Waals surface area (Å²) >= 11 is 1.25. The quantitative estimate of drug-likeness (QED) is 0.465. The molecule has 4 N–H and O–H groups in total. The van der Waals surface area contributed by atoms with Gasteiger partial charge in [0, 0.05) is 31.0 Å². The third-order valence-electron chi connectivity index (χ3n) is 4.55. The lowest BCUT2D eigenvalue weighted by Gasteiger charge is -2.30. The van der Waals surface area contributed by atoms with Gasteiger partial charge in [-0.15, -0.1) is 11.8 Å². The van der Waals surface area contributed by atoms with E-state index in [1.165, 1.54) is 18.9 Å². The molecular formula is C19H26N4O5S. The number of hydrogen-bond donors (Lipinski definition) is 4. The van der Waals surface area contributed by atoms with Crippen LogP contribution < -0.4 is 30.7 Å². The van der Waals surface area contributed by atoms with E-state index >= 15 is 0 Å². The fourth-order valence-corrected chi connectivity index (χ4v) is 3.85. The van der Waals surface area contributed by atoms with Gasteiger partial charge in [0.2, 0.25) is 17.7 Å². The molecule has 1 saturated carbocycles. The van der Waals surface area contributed by atoms with E-state index in [4.69, 9.17) is 9.47 Å². The van der Waals surface area contributed by atoms with E-state index in [0.717, 1.165) is 12.8 Å². The zero-order valence-corrected chi connectivity index (χ0v) is 17.3. The molecule has 1 heterocycles. The molecule has 0 spiro atoms. The first-order valence-corrected chi connectivity index (χ1v) is 10.5. The van der Waals surface area contributed by atoms with Crippen LogP contribution in [0.2, 0.25) is 0 Å². The highest BCUT2D eigenvalue weighted by Crippen LogP contribution is 2.29. The summed E-state index contributed by atoms with van der Waals surface area (Å²) in [5.74, 6) is 0.800. The van der Waals surface area contributed by atoms with Crippen LogP contribution in [0.1, 0.15) is 25.7 Å². The number of hydrogen-bond acceptors (Lipinski definition) is 7. The van der Waals surface area contributed by atoms with Gasteiger partial charge in [-0.3, -0.25) is 19.7 Å². The Hall–Kier alpha value is -2.46. The number of nitrogens with one attached hydrogen (secondary N) is 4. The summed E-state index contributed by atoms with van der Waals surface area (Å²) < 4.78 is 10.4. The number of carbonyl (C=O) groups excluding carboxylic acids is 3. The summed E-state index contributed by atoms with van der Waals surface area (Å²) in [7, 11) is 3.06. The van der Waals surface area contributed by atoms with Gasteiger partial charge in [-0.25, -0.2) is 0 Å². The van der Waals surface area contributed by atoms with Gasteiger partial charge in [-0.1, -0.05) is 0 Å². The highest BCUT2D eigenvalue weighted by atomic mass is 32.2. The van der Waals surface area contributed by atoms with Crippen LogP contribution in [0.5, 0.6) is 11.5 Å². The van der Waals surface area contributed by atoms with Crippen LogP contribution >= 0.6 is 11.8 Å². The molecule has 0 radical (unpaired) electrons. The molecule has 1 aliphatic carbocycles. The van der Waals surface area contributed by atoms with E-state index < -0.39 is 5.50 Å². The average molecular weight is 423 g/mol. The van der Waals surface area contributed by atoms with Crippen molar-refractivity contribution < 1.29 is 23.9 Å². The smallest absolute Gasteiger partial charge is 0.234 e. The van der Waals surface area contributed by atoms with Gasteiger partial charge in [0.05, 0.1) is 25.7 Å². The van der Waals surface area contributed by atoms with Crippen molar-refractivity contribution in [1.82, 2.24) is 16.0 Å². The van der Waals surface area contributed by atoms with Gasteiger partial charge in [-0.2, -0.15) is 0 Å². The summed E-state index contributed by atoms with van der Waals surface area (Å²) in [6.45, 7) is 0. The number of methoxy groups -OCH3 is 2. The Morgan fingerprint density at radius 3 is 2.69 bits per heavy atom. The summed E-state index contributed by atoms with van der Waals surface area (Å²) in [4.78, 5) is 36.3. The molecule has 2 unspecified atom stereocenters. The first-order chi connectivity index (χ1) is 14.0. The monoisotopic (exact) mass is 422 g/mol. The highest BCUT2D eigenvalue weighted by molar-refractivity contribution is 8.00. The fraction of sp³-hybridized carbons (Fsp3) is 0.526. The van der Waals surface area contributed by atoms with Gasteiger partial charge in [-0.05, 0) is 25.0 Å². The average Bonchev–Trinajstić information content (AvgIpc) is 3.49. The van der Waals surface area contributed by atoms with Crippen LogP contribution in [0.25, 0.3) is 0 Å². The zero-order chi connectivity index (χ0) is 20.8. The number of carbonyl (C=O) groups is 3. The van der Waals surface area contributed by atoms with E-state index in [1.54, 1.807) is 25.3 Å². The molecule has 29 heavy (non-hydrogen) atoms. The number of amides is 3. The molecule has 1 aliphatic heterocycles. The lowest BCUT2D eigenvalue weighted by molar-refractivity contribution is -0.125. The van der Waals surface area contributed by atoms with Gasteiger partial charge in [0.25, 0.3) is 0 Å². The molecule has 3 amide bonds. The summed E-state index contributed by atoms with van der Waals surface area (Å²) in [5, 5.41) is 11.7. The Labute approximate surface area is 173 Å². The summed E-state index contributed by atoms with van der Waals surface area (Å²) in [5.41, 5.74) is 0.0700. The van der Waals surface area contributed by atoms with Gasteiger partial charge >= 0.3 is 0 Å². The van der Waals surface area contributed by atoms with Crippen molar-refractivity contribution in [2.75, 3.05) is 25.3 Å². The van der Waals surface area contributed by atoms with E-state index in [2.05, 4.69) is 21.3 Å². The Morgan fingerprint density at radius 2 is 2.00 bits per heavy atom. The van der Waals surface area contributed by atoms with Crippen molar-refractivity contribution in [2.24, 2.45) is 0 Å². The SMILES string of the molecule is COc1ccc(OC)c(NC(=O)CSC2NC(=O)CC(CC(=O)NC3CC3)N2)c1. The largest absolute Gasteiger partial charge is 0.497 e. The second-order valence-electron chi connectivity index (χ2n) is 6.99. The minimum atomic E-state index is -0.437. The molecule has 2 fully saturated rings. The van der Waals surface area contributed by atoms with Crippen LogP contribution in [0, 0.1) is 0 Å². The van der Waals surface area contributed by atoms with Crippen molar-refractivity contribution in [3.05, 3.63) is 18.2 Å². The maximum atomic E-state index is 12.4. The van der Waals surface area contributed by atoms with Gasteiger partial charge in [0.1, 0.15) is 17.0 Å². The zero-order valence-electron chi connectivity index (χ0n) is 16.4. The molecule has 1 aromatic rings. The standard InChI is InChI=1S/C19H26N4O5S/c1-27-13-5-6-15(28-2)14(9-13)22-18(26)10-29-19-21-12(8-17(25)23-19)7-16(24)20-11-3-4-11/h5-6,9,11-12,19,21H,3-4,7-8,10H2,1-2H3,(H,20,24)(H,22,26)(H,23,25). The predicted octanol–water partition coefficient (Wildman–Crippen LogP) is 0.806. The van der Waals surface area contributed by atoms with E-state index in [1.807, 2.05) is 0 Å². The summed E-state index contributed by atoms with van der Waals surface area (Å²) in [6.07, 6.45) is 2.53. The minimum Gasteiger partial charge on any atom is -0.497 e. The second kappa shape index (κ2) is 9.84. The van der Waals surface area contributed by atoms with Crippen molar-refractivity contribution in [3.63, 3.8) is 0 Å². The van der Waals surface area contributed by atoms with Crippen molar-refractivity contribution in [3.8, 4) is 11.5 Å². The second-order valence-corrected chi connectivity index (χ2v) is 8.08. The first kappa shape index (κ1) is 21.3. The van der Waals surface area contributed by atoms with E-state index in [0.29, 0.717) is 23.2 Å². The molecule has 0 bridgehead atoms. The molecule has 2 aliphatic rings. The minimum absolute atomic E-state index is 0.0497. The molecule has 3 rings (SSSR count). The predicted molar refractivity (Wildman–Crippen MR) is 110 cm³/mol. The molecule has 9 nitrogen and oxygen atoms in total. The van der Waals surface area contributed by atoms with E-state index in [9.17, 15) is 14.4 Å². The molecule has 2 atom stereocenters. The molecular weight excluding hydrogens is 396 g/mol. The Bertz CT molecular complexity index is 771. The number of thioether (sulfide) groups is 1. The van der Waals surface area contributed by atoms with Crippen molar-refractivity contribution in [2.45, 2.75) is 43.3 Å². The normalized spacial score (nSPS) is 21.1. The van der Waals surface area contributed by atoms with Crippen molar-refractivity contribution >= 4 is 35.2 Å². The van der Waals surface area contributed by atoms with Crippen LogP contribution in [0.15, 0.2) is 18.2 Å².